The number of hydrogen-bond acceptors (Lipinski definition) is 6. The van der Waals surface area contributed by atoms with Crippen molar-refractivity contribution in [2.75, 3.05) is 12.8 Å². The van der Waals surface area contributed by atoms with Crippen molar-refractivity contribution in [3.63, 3.8) is 0 Å². The Balaban J connectivity index is 2.29. The summed E-state index contributed by atoms with van der Waals surface area (Å²) in [6, 6.07) is 8.32. The van der Waals surface area contributed by atoms with Gasteiger partial charge in [-0.2, -0.15) is 0 Å². The van der Waals surface area contributed by atoms with Crippen molar-refractivity contribution in [3.05, 3.63) is 47.7 Å². The summed E-state index contributed by atoms with van der Waals surface area (Å²) in [5, 5.41) is 0. The van der Waals surface area contributed by atoms with E-state index in [-0.39, 0.29) is 23.3 Å². The molecule has 1 heterocycles. The summed E-state index contributed by atoms with van der Waals surface area (Å²) < 4.78 is 9.82. The molecule has 0 saturated carbocycles. The molecule has 0 radical (unpaired) electrons. The van der Waals surface area contributed by atoms with Crippen LogP contribution in [0.2, 0.25) is 0 Å². The van der Waals surface area contributed by atoms with Crippen molar-refractivity contribution < 1.29 is 19.1 Å². The van der Waals surface area contributed by atoms with Gasteiger partial charge in [0.05, 0.1) is 41.9 Å². The third kappa shape index (κ3) is 3.85. The Hall–Kier alpha value is -2.89. The van der Waals surface area contributed by atoms with Crippen molar-refractivity contribution in [2.24, 2.45) is 0 Å². The molecular weight excluding hydrogens is 296 g/mol. The van der Waals surface area contributed by atoms with Gasteiger partial charge in [0.25, 0.3) is 0 Å². The lowest BCUT2D eigenvalue weighted by Gasteiger charge is -2.09. The van der Waals surface area contributed by atoms with Gasteiger partial charge in [-0.25, -0.2) is 9.59 Å². The Kier molecular flexibility index (Phi) is 4.95. The van der Waals surface area contributed by atoms with Gasteiger partial charge in [0.15, 0.2) is 0 Å². The first-order valence-electron chi connectivity index (χ1n) is 7.07. The molecule has 1 aromatic carbocycles. The molecule has 2 N–H and O–H groups in total. The van der Waals surface area contributed by atoms with E-state index in [0.29, 0.717) is 11.3 Å². The van der Waals surface area contributed by atoms with Gasteiger partial charge >= 0.3 is 11.9 Å². The monoisotopic (exact) mass is 314 g/mol. The van der Waals surface area contributed by atoms with Gasteiger partial charge in [0.1, 0.15) is 0 Å². The van der Waals surface area contributed by atoms with Crippen molar-refractivity contribution in [3.8, 4) is 11.3 Å². The summed E-state index contributed by atoms with van der Waals surface area (Å²) in [4.78, 5) is 27.7. The van der Waals surface area contributed by atoms with Crippen LogP contribution in [-0.4, -0.2) is 30.1 Å². The number of nitrogen functional groups attached to an aromatic ring is 1. The lowest BCUT2D eigenvalue weighted by molar-refractivity contribution is 0.0377. The molecule has 6 nitrogen and oxygen atoms in total. The van der Waals surface area contributed by atoms with E-state index in [1.807, 2.05) is 0 Å². The molecule has 2 rings (SSSR count). The van der Waals surface area contributed by atoms with Gasteiger partial charge in [-0.1, -0.05) is 12.1 Å². The number of esters is 2. The summed E-state index contributed by atoms with van der Waals surface area (Å²) >= 11 is 0. The van der Waals surface area contributed by atoms with Gasteiger partial charge < -0.3 is 15.2 Å². The van der Waals surface area contributed by atoms with Gasteiger partial charge in [0, 0.05) is 5.56 Å². The molecule has 6 heteroatoms. The normalized spacial score (nSPS) is 10.4. The lowest BCUT2D eigenvalue weighted by atomic mass is 10.1. The summed E-state index contributed by atoms with van der Waals surface area (Å²) in [5.74, 6) is -0.907. The van der Waals surface area contributed by atoms with Crippen LogP contribution in [0.3, 0.4) is 0 Å². The minimum atomic E-state index is -0.525. The molecule has 1 aromatic heterocycles. The van der Waals surface area contributed by atoms with Crippen LogP contribution in [0.1, 0.15) is 34.6 Å². The van der Waals surface area contributed by atoms with Crippen molar-refractivity contribution in [1.29, 1.82) is 0 Å². The number of rotatable bonds is 4. The number of ether oxygens (including phenoxy) is 2. The van der Waals surface area contributed by atoms with Crippen LogP contribution in [0, 0.1) is 0 Å². The lowest BCUT2D eigenvalue weighted by Crippen LogP contribution is -2.11. The highest BCUT2D eigenvalue weighted by atomic mass is 16.5. The van der Waals surface area contributed by atoms with Crippen molar-refractivity contribution in [2.45, 2.75) is 20.0 Å². The number of aromatic nitrogens is 1. The molecule has 0 bridgehead atoms. The number of nitrogens with two attached hydrogens (primary N) is 1. The Labute approximate surface area is 134 Å². The number of carbonyl (C=O) groups excluding carboxylic acids is 2. The molecule has 0 aliphatic carbocycles. The topological polar surface area (TPSA) is 91.5 Å². The third-order valence-corrected chi connectivity index (χ3v) is 3.10. The molecular formula is C17H18N2O4. The molecule has 0 spiro atoms. The molecule has 120 valence electrons. The number of anilines is 1. The minimum absolute atomic E-state index is 0.177. The first-order chi connectivity index (χ1) is 10.9. The van der Waals surface area contributed by atoms with E-state index in [0.717, 1.165) is 5.56 Å². The summed E-state index contributed by atoms with van der Waals surface area (Å²) in [5.41, 5.74) is 7.98. The number of pyridine rings is 1. The maximum atomic E-state index is 11.8. The minimum Gasteiger partial charge on any atom is -0.465 e. The van der Waals surface area contributed by atoms with E-state index in [1.54, 1.807) is 44.2 Å². The Bertz CT molecular complexity index is 724. The zero-order valence-electron chi connectivity index (χ0n) is 13.2. The van der Waals surface area contributed by atoms with E-state index < -0.39 is 5.97 Å². The summed E-state index contributed by atoms with van der Waals surface area (Å²) in [6.45, 7) is 3.58. The average Bonchev–Trinajstić information content (AvgIpc) is 2.54. The fraction of sp³-hybridized carbons (Fsp3) is 0.235. The molecule has 0 aliphatic heterocycles. The molecule has 0 fully saturated rings. The van der Waals surface area contributed by atoms with E-state index in [1.165, 1.54) is 13.3 Å². The highest BCUT2D eigenvalue weighted by Crippen LogP contribution is 2.22. The van der Waals surface area contributed by atoms with E-state index in [9.17, 15) is 9.59 Å². The number of hydrogen-bond donors (Lipinski definition) is 1. The van der Waals surface area contributed by atoms with Gasteiger partial charge in [-0.05, 0) is 32.0 Å². The first-order valence-corrected chi connectivity index (χ1v) is 7.07. The highest BCUT2D eigenvalue weighted by Gasteiger charge is 2.13. The SMILES string of the molecule is COC(=O)c1cc(-c2ccc(C(=O)OC(C)C)cc2)ncc1N. The van der Waals surface area contributed by atoms with E-state index in [2.05, 4.69) is 9.72 Å². The standard InChI is InChI=1S/C17H18N2O4/c1-10(2)23-16(20)12-6-4-11(5-7-12)15-8-13(17(21)22-3)14(18)9-19-15/h4-10H,18H2,1-3H3. The van der Waals surface area contributed by atoms with Crippen LogP contribution >= 0.6 is 0 Å². The maximum Gasteiger partial charge on any atom is 0.340 e. The Morgan fingerprint density at radius 1 is 1.13 bits per heavy atom. The smallest absolute Gasteiger partial charge is 0.340 e. The first kappa shape index (κ1) is 16.5. The van der Waals surface area contributed by atoms with Crippen molar-refractivity contribution in [1.82, 2.24) is 4.98 Å². The predicted octanol–water partition coefficient (Wildman–Crippen LogP) is 2.68. The second-order valence-electron chi connectivity index (χ2n) is 5.18. The van der Waals surface area contributed by atoms with E-state index in [4.69, 9.17) is 10.5 Å². The molecule has 0 unspecified atom stereocenters. The highest BCUT2D eigenvalue weighted by molar-refractivity contribution is 5.96. The average molecular weight is 314 g/mol. The Morgan fingerprint density at radius 2 is 1.78 bits per heavy atom. The third-order valence-electron chi connectivity index (χ3n) is 3.10. The van der Waals surface area contributed by atoms with Crippen LogP contribution in [-0.2, 0) is 9.47 Å². The fourth-order valence-electron chi connectivity index (χ4n) is 1.97. The van der Waals surface area contributed by atoms with Crippen LogP contribution < -0.4 is 5.73 Å². The van der Waals surface area contributed by atoms with Crippen LogP contribution in [0.25, 0.3) is 11.3 Å². The molecule has 2 aromatic rings. The Morgan fingerprint density at radius 3 is 2.35 bits per heavy atom. The van der Waals surface area contributed by atoms with Crippen LogP contribution in [0.4, 0.5) is 5.69 Å². The predicted molar refractivity (Wildman–Crippen MR) is 86.0 cm³/mol. The molecule has 0 atom stereocenters. The van der Waals surface area contributed by atoms with Crippen molar-refractivity contribution >= 4 is 17.6 Å². The maximum absolute atomic E-state index is 11.8. The van der Waals surface area contributed by atoms with Gasteiger partial charge in [-0.3, -0.25) is 4.98 Å². The number of nitrogens with zero attached hydrogens (tertiary/aromatic N) is 1. The van der Waals surface area contributed by atoms with E-state index >= 15 is 0 Å². The number of carbonyl (C=O) groups is 2. The summed E-state index contributed by atoms with van der Waals surface area (Å²) in [6.07, 6.45) is 1.23. The number of benzene rings is 1. The number of methoxy groups -OCH3 is 1. The second kappa shape index (κ2) is 6.91. The van der Waals surface area contributed by atoms with Gasteiger partial charge in [0.2, 0.25) is 0 Å². The summed E-state index contributed by atoms with van der Waals surface area (Å²) in [7, 11) is 1.29. The molecule has 0 aliphatic rings. The van der Waals surface area contributed by atoms with Gasteiger partial charge in [-0.15, -0.1) is 0 Å². The quantitative estimate of drug-likeness (QED) is 0.872. The molecule has 23 heavy (non-hydrogen) atoms. The molecule has 0 saturated heterocycles. The molecule has 0 amide bonds. The van der Waals surface area contributed by atoms with Crippen LogP contribution in [0.15, 0.2) is 36.5 Å². The fourth-order valence-corrected chi connectivity index (χ4v) is 1.97. The largest absolute Gasteiger partial charge is 0.465 e. The van der Waals surface area contributed by atoms with Crippen LogP contribution in [0.5, 0.6) is 0 Å². The zero-order valence-corrected chi connectivity index (χ0v) is 13.2. The zero-order chi connectivity index (χ0) is 17.0. The second-order valence-corrected chi connectivity index (χ2v) is 5.18.